The summed E-state index contributed by atoms with van der Waals surface area (Å²) in [5.41, 5.74) is 2.80. The van der Waals surface area contributed by atoms with Crippen LogP contribution in [0.15, 0.2) is 75.2 Å². The average molecular weight is 558 g/mol. The zero-order chi connectivity index (χ0) is 25.8. The predicted molar refractivity (Wildman–Crippen MR) is 146 cm³/mol. The summed E-state index contributed by atoms with van der Waals surface area (Å²) in [5.74, 6) is 1.35. The van der Waals surface area contributed by atoms with Crippen molar-refractivity contribution in [1.29, 1.82) is 0 Å². The normalized spacial score (nSPS) is 15.1. The molecule has 8 nitrogen and oxygen atoms in total. The summed E-state index contributed by atoms with van der Waals surface area (Å²) < 4.78 is 45.7. The van der Waals surface area contributed by atoms with E-state index in [0.717, 1.165) is 20.9 Å². The van der Waals surface area contributed by atoms with E-state index in [1.54, 1.807) is 61.2 Å². The van der Waals surface area contributed by atoms with Gasteiger partial charge in [-0.1, -0.05) is 12.1 Å². The lowest BCUT2D eigenvalue weighted by atomic mass is 10.2. The Morgan fingerprint density at radius 1 is 0.973 bits per heavy atom. The van der Waals surface area contributed by atoms with Gasteiger partial charge in [-0.25, -0.2) is 13.4 Å². The van der Waals surface area contributed by atoms with Crippen LogP contribution < -0.4 is 14.3 Å². The first-order chi connectivity index (χ1) is 18.0. The number of sulfonamides is 1. The largest absolute Gasteiger partial charge is 0.493 e. The highest BCUT2D eigenvalue weighted by molar-refractivity contribution is 7.89. The van der Waals surface area contributed by atoms with E-state index < -0.39 is 10.0 Å². The van der Waals surface area contributed by atoms with Crippen LogP contribution in [0.4, 0.5) is 5.69 Å². The van der Waals surface area contributed by atoms with Gasteiger partial charge in [-0.15, -0.1) is 22.7 Å². The fraction of sp³-hybridized carbons (Fsp3) is 0.269. The van der Waals surface area contributed by atoms with Gasteiger partial charge >= 0.3 is 0 Å². The Hall–Kier alpha value is -2.96. The third kappa shape index (κ3) is 5.51. The second-order valence-corrected chi connectivity index (χ2v) is 12.0. The Morgan fingerprint density at radius 2 is 1.73 bits per heavy atom. The van der Waals surface area contributed by atoms with Crippen LogP contribution in [-0.2, 0) is 21.3 Å². The first kappa shape index (κ1) is 25.7. The van der Waals surface area contributed by atoms with E-state index >= 15 is 0 Å². The van der Waals surface area contributed by atoms with Gasteiger partial charge in [0.2, 0.25) is 10.0 Å². The van der Waals surface area contributed by atoms with Crippen LogP contribution in [0.2, 0.25) is 0 Å². The Kier molecular flexibility index (Phi) is 7.77. The molecule has 0 radical (unpaired) electrons. The third-order valence-corrected chi connectivity index (χ3v) is 9.70. The minimum absolute atomic E-state index is 0.261. The summed E-state index contributed by atoms with van der Waals surface area (Å²) in [6, 6.07) is 16.7. The van der Waals surface area contributed by atoms with Gasteiger partial charge in [0.1, 0.15) is 0 Å². The van der Waals surface area contributed by atoms with Crippen molar-refractivity contribution in [2.24, 2.45) is 4.99 Å². The molecule has 3 heterocycles. The summed E-state index contributed by atoms with van der Waals surface area (Å²) >= 11 is 3.22. The highest BCUT2D eigenvalue weighted by Gasteiger charge is 2.26. The third-order valence-electron chi connectivity index (χ3n) is 6.03. The van der Waals surface area contributed by atoms with Gasteiger partial charge in [0, 0.05) is 18.5 Å². The molecule has 0 N–H and O–H groups in total. The summed E-state index contributed by atoms with van der Waals surface area (Å²) in [6.45, 7) is 2.14. The quantitative estimate of drug-likeness (QED) is 0.316. The lowest BCUT2D eigenvalue weighted by molar-refractivity contribution is 0.0730. The van der Waals surface area contributed by atoms with Gasteiger partial charge < -0.3 is 18.8 Å². The van der Waals surface area contributed by atoms with Crippen molar-refractivity contribution in [3.63, 3.8) is 0 Å². The number of thiophene rings is 1. The molecule has 0 spiro atoms. The molecule has 0 saturated carbocycles. The highest BCUT2D eigenvalue weighted by atomic mass is 32.2. The molecule has 1 fully saturated rings. The molecule has 0 unspecified atom stereocenters. The number of aromatic nitrogens is 1. The Balaban J connectivity index is 1.50. The molecular formula is C26H27N3O5S3. The van der Waals surface area contributed by atoms with Crippen LogP contribution in [0, 0.1) is 0 Å². The van der Waals surface area contributed by atoms with Crippen molar-refractivity contribution in [3.8, 4) is 22.1 Å². The molecule has 0 amide bonds. The molecule has 0 bridgehead atoms. The molecule has 5 rings (SSSR count). The first-order valence-corrected chi connectivity index (χ1v) is 14.9. The maximum absolute atomic E-state index is 13.0. The molecule has 1 saturated heterocycles. The molecular weight excluding hydrogens is 531 g/mol. The second-order valence-electron chi connectivity index (χ2n) is 8.28. The number of ether oxygens (including phenoxy) is 3. The maximum atomic E-state index is 13.0. The van der Waals surface area contributed by atoms with Crippen LogP contribution in [0.25, 0.3) is 10.6 Å². The van der Waals surface area contributed by atoms with Gasteiger partial charge in [-0.05, 0) is 53.4 Å². The lowest BCUT2D eigenvalue weighted by Crippen LogP contribution is -2.40. The minimum Gasteiger partial charge on any atom is -0.493 e. The highest BCUT2D eigenvalue weighted by Crippen LogP contribution is 2.30. The molecule has 0 aliphatic carbocycles. The first-order valence-electron chi connectivity index (χ1n) is 11.7. The van der Waals surface area contributed by atoms with E-state index in [0.29, 0.717) is 50.0 Å². The molecule has 1 aliphatic rings. The molecule has 194 valence electrons. The second kappa shape index (κ2) is 11.2. The standard InChI is InChI=1S/C26H27N3O5S3/c1-32-23-10-5-19(16-24(23)33-2)17-29-22(25-4-3-15-35-25)18-36-26(29)27-20-6-8-21(9-7-20)37(30,31)28-11-13-34-14-12-28/h3-10,15-16,18H,11-14,17H2,1-2H3. The Labute approximate surface area is 224 Å². The summed E-state index contributed by atoms with van der Waals surface area (Å²) in [5, 5.41) is 4.15. The summed E-state index contributed by atoms with van der Waals surface area (Å²) in [6.07, 6.45) is 0. The van der Waals surface area contributed by atoms with Crippen molar-refractivity contribution in [3.05, 3.63) is 75.7 Å². The van der Waals surface area contributed by atoms with E-state index in [2.05, 4.69) is 21.4 Å². The number of hydrogen-bond acceptors (Lipinski definition) is 8. The van der Waals surface area contributed by atoms with E-state index in [-0.39, 0.29) is 4.90 Å². The molecule has 2 aromatic heterocycles. The lowest BCUT2D eigenvalue weighted by Gasteiger charge is -2.26. The van der Waals surface area contributed by atoms with Crippen LogP contribution in [0.5, 0.6) is 11.5 Å². The van der Waals surface area contributed by atoms with E-state index in [1.807, 2.05) is 24.3 Å². The minimum atomic E-state index is -3.55. The van der Waals surface area contributed by atoms with Gasteiger partial charge in [0.05, 0.1) is 55.1 Å². The maximum Gasteiger partial charge on any atom is 0.243 e. The number of nitrogens with zero attached hydrogens (tertiary/aromatic N) is 3. The topological polar surface area (TPSA) is 82.4 Å². The Morgan fingerprint density at radius 3 is 2.41 bits per heavy atom. The van der Waals surface area contributed by atoms with Gasteiger partial charge in [0.15, 0.2) is 16.3 Å². The van der Waals surface area contributed by atoms with E-state index in [9.17, 15) is 8.42 Å². The predicted octanol–water partition coefficient (Wildman–Crippen LogP) is 4.60. The van der Waals surface area contributed by atoms with Gasteiger partial charge in [0.25, 0.3) is 0 Å². The zero-order valence-electron chi connectivity index (χ0n) is 20.5. The molecule has 37 heavy (non-hydrogen) atoms. The van der Waals surface area contributed by atoms with E-state index in [1.165, 1.54) is 4.31 Å². The fourth-order valence-corrected chi connectivity index (χ4v) is 7.25. The number of morpholine rings is 1. The average Bonchev–Trinajstić information content (AvgIpc) is 3.60. The molecule has 2 aromatic carbocycles. The van der Waals surface area contributed by atoms with Crippen molar-refractivity contribution in [1.82, 2.24) is 8.87 Å². The van der Waals surface area contributed by atoms with Crippen LogP contribution >= 0.6 is 22.7 Å². The van der Waals surface area contributed by atoms with Crippen LogP contribution in [0.1, 0.15) is 5.56 Å². The SMILES string of the molecule is COc1ccc(Cn2c(-c3cccs3)csc2=Nc2ccc(S(=O)(=O)N3CCOCC3)cc2)cc1OC. The number of methoxy groups -OCH3 is 2. The van der Waals surface area contributed by atoms with Crippen molar-refractivity contribution >= 4 is 38.4 Å². The van der Waals surface area contributed by atoms with Crippen LogP contribution in [-0.4, -0.2) is 57.8 Å². The number of thiazole rings is 1. The molecule has 1 aliphatic heterocycles. The Bertz CT molecular complexity index is 1520. The van der Waals surface area contributed by atoms with Gasteiger partial charge in [-0.3, -0.25) is 0 Å². The number of benzene rings is 2. The van der Waals surface area contributed by atoms with Crippen molar-refractivity contribution in [2.45, 2.75) is 11.4 Å². The molecule has 4 aromatic rings. The zero-order valence-corrected chi connectivity index (χ0v) is 22.9. The van der Waals surface area contributed by atoms with Crippen molar-refractivity contribution in [2.75, 3.05) is 40.5 Å². The van der Waals surface area contributed by atoms with Gasteiger partial charge in [-0.2, -0.15) is 4.31 Å². The fourth-order valence-electron chi connectivity index (χ4n) is 4.09. The molecule has 0 atom stereocenters. The summed E-state index contributed by atoms with van der Waals surface area (Å²) in [7, 11) is -0.305. The monoisotopic (exact) mass is 557 g/mol. The number of rotatable bonds is 8. The van der Waals surface area contributed by atoms with E-state index in [4.69, 9.17) is 19.2 Å². The summed E-state index contributed by atoms with van der Waals surface area (Å²) in [4.78, 5) is 7.09. The smallest absolute Gasteiger partial charge is 0.243 e. The van der Waals surface area contributed by atoms with Crippen LogP contribution in [0.3, 0.4) is 0 Å². The van der Waals surface area contributed by atoms with Crippen molar-refractivity contribution < 1.29 is 22.6 Å². The molecule has 11 heteroatoms. The number of hydrogen-bond donors (Lipinski definition) is 0.